The van der Waals surface area contributed by atoms with Gasteiger partial charge in [0.05, 0.1) is 0 Å². The molecule has 4 nitrogen and oxygen atoms in total. The number of fused-ring (bicyclic) bond motifs is 1. The van der Waals surface area contributed by atoms with Crippen LogP contribution in [0.5, 0.6) is 0 Å². The van der Waals surface area contributed by atoms with E-state index in [1.54, 1.807) is 0 Å². The molecule has 0 aromatic rings. The molecule has 0 radical (unpaired) electrons. The lowest BCUT2D eigenvalue weighted by molar-refractivity contribution is 0.344. The highest BCUT2D eigenvalue weighted by Crippen LogP contribution is 2.44. The van der Waals surface area contributed by atoms with Crippen LogP contribution in [0.4, 0.5) is 0 Å². The Morgan fingerprint density at radius 1 is 1.20 bits per heavy atom. The number of hydrogen-bond donors (Lipinski definition) is 1. The zero-order chi connectivity index (χ0) is 11.2. The minimum atomic E-state index is -3.45. The average molecular weight is 232 g/mol. The highest BCUT2D eigenvalue weighted by molar-refractivity contribution is 7.86. The number of nitrogens with two attached hydrogens (primary N) is 1. The molecule has 2 aliphatic rings. The summed E-state index contributed by atoms with van der Waals surface area (Å²) in [5.41, 5.74) is 0. The maximum atomic E-state index is 11.2. The van der Waals surface area contributed by atoms with Crippen molar-refractivity contribution in [3.8, 4) is 0 Å². The van der Waals surface area contributed by atoms with Crippen LogP contribution in [0, 0.1) is 23.7 Å². The molecule has 0 bridgehead atoms. The Balaban J connectivity index is 1.99. The Labute approximate surface area is 92.0 Å². The first kappa shape index (κ1) is 11.4. The highest BCUT2D eigenvalue weighted by atomic mass is 32.2. The zero-order valence-electron chi connectivity index (χ0n) is 9.39. The van der Waals surface area contributed by atoms with E-state index in [9.17, 15) is 8.42 Å². The van der Waals surface area contributed by atoms with E-state index in [-0.39, 0.29) is 0 Å². The van der Waals surface area contributed by atoms with Gasteiger partial charge in [0.2, 0.25) is 0 Å². The monoisotopic (exact) mass is 232 g/mol. The van der Waals surface area contributed by atoms with Gasteiger partial charge >= 0.3 is 0 Å². The fraction of sp³-hybridized carbons (Fsp3) is 1.00. The third-order valence-corrected chi connectivity index (χ3v) is 5.07. The first-order valence-electron chi connectivity index (χ1n) is 5.65. The van der Waals surface area contributed by atoms with Crippen LogP contribution in [0.15, 0.2) is 0 Å². The summed E-state index contributed by atoms with van der Waals surface area (Å²) in [4.78, 5) is 0. The Bertz CT molecular complexity index is 325. The lowest BCUT2D eigenvalue weighted by Gasteiger charge is -2.18. The van der Waals surface area contributed by atoms with Crippen molar-refractivity contribution in [3.63, 3.8) is 0 Å². The minimum Gasteiger partial charge on any atom is -0.216 e. The van der Waals surface area contributed by atoms with Crippen molar-refractivity contribution >= 4 is 10.2 Å². The van der Waals surface area contributed by atoms with Crippen LogP contribution in [-0.2, 0) is 10.2 Å². The molecule has 0 aromatic carbocycles. The molecule has 15 heavy (non-hydrogen) atoms. The summed E-state index contributed by atoms with van der Waals surface area (Å²) >= 11 is 0. The minimum absolute atomic E-state index is 0.552. The van der Waals surface area contributed by atoms with Crippen LogP contribution in [0.2, 0.25) is 0 Å². The Kier molecular flexibility index (Phi) is 2.81. The molecule has 2 fully saturated rings. The number of hydrogen-bond acceptors (Lipinski definition) is 2. The van der Waals surface area contributed by atoms with E-state index in [0.717, 1.165) is 11.8 Å². The van der Waals surface area contributed by atoms with Gasteiger partial charge in [0.1, 0.15) is 0 Å². The molecule has 2 atom stereocenters. The second kappa shape index (κ2) is 3.71. The predicted molar refractivity (Wildman–Crippen MR) is 59.2 cm³/mol. The van der Waals surface area contributed by atoms with Crippen molar-refractivity contribution in [2.24, 2.45) is 28.8 Å². The second-order valence-electron chi connectivity index (χ2n) is 5.36. The molecule has 0 spiro atoms. The third-order valence-electron chi connectivity index (χ3n) is 4.06. The van der Waals surface area contributed by atoms with Crippen molar-refractivity contribution in [1.29, 1.82) is 0 Å². The molecule has 88 valence electrons. The lowest BCUT2D eigenvalue weighted by atomic mass is 9.93. The quantitative estimate of drug-likeness (QED) is 0.765. The average Bonchev–Trinajstić information content (AvgIpc) is 2.55. The smallest absolute Gasteiger partial charge is 0.216 e. The molecular weight excluding hydrogens is 212 g/mol. The van der Waals surface area contributed by atoms with E-state index in [2.05, 4.69) is 13.8 Å². The molecule has 5 heteroatoms. The summed E-state index contributed by atoms with van der Waals surface area (Å²) in [6.07, 6.45) is 2.35. The van der Waals surface area contributed by atoms with Gasteiger partial charge < -0.3 is 0 Å². The topological polar surface area (TPSA) is 63.4 Å². The van der Waals surface area contributed by atoms with E-state index in [4.69, 9.17) is 5.14 Å². The Morgan fingerprint density at radius 2 is 1.67 bits per heavy atom. The molecule has 1 saturated heterocycles. The molecule has 2 rings (SSSR count). The summed E-state index contributed by atoms with van der Waals surface area (Å²) in [6, 6.07) is 0. The van der Waals surface area contributed by atoms with E-state index >= 15 is 0 Å². The maximum Gasteiger partial charge on any atom is 0.276 e. The van der Waals surface area contributed by atoms with E-state index in [0.29, 0.717) is 24.9 Å². The van der Waals surface area contributed by atoms with Crippen LogP contribution in [0.25, 0.3) is 0 Å². The van der Waals surface area contributed by atoms with Crippen LogP contribution >= 0.6 is 0 Å². The van der Waals surface area contributed by atoms with Crippen molar-refractivity contribution in [3.05, 3.63) is 0 Å². The van der Waals surface area contributed by atoms with Crippen LogP contribution in [-0.4, -0.2) is 25.8 Å². The summed E-state index contributed by atoms with van der Waals surface area (Å²) < 4.78 is 23.8. The van der Waals surface area contributed by atoms with E-state index in [1.165, 1.54) is 17.1 Å². The third kappa shape index (κ3) is 2.19. The van der Waals surface area contributed by atoms with Gasteiger partial charge in [-0.2, -0.15) is 12.7 Å². The van der Waals surface area contributed by atoms with Gasteiger partial charge in [-0.1, -0.05) is 13.8 Å². The first-order valence-corrected chi connectivity index (χ1v) is 7.16. The fourth-order valence-electron chi connectivity index (χ4n) is 3.06. The standard InChI is InChI=1S/C10H20N2O2S/c1-7(2)8-3-9-5-12(15(11,13)14)6-10(9)4-8/h7-10H,3-6H2,1-2H3,(H2,11,13,14). The predicted octanol–water partition coefficient (Wildman–Crippen LogP) is 0.804. The molecule has 0 aromatic heterocycles. The van der Waals surface area contributed by atoms with E-state index in [1.807, 2.05) is 0 Å². The molecular formula is C10H20N2O2S. The Hall–Kier alpha value is -0.130. The SMILES string of the molecule is CC(C)C1CC2CN(S(N)(=O)=O)CC2C1. The van der Waals surface area contributed by atoms with Crippen molar-refractivity contribution in [2.45, 2.75) is 26.7 Å². The Morgan fingerprint density at radius 3 is 2.00 bits per heavy atom. The summed E-state index contributed by atoms with van der Waals surface area (Å²) in [7, 11) is -3.45. The molecule has 1 aliphatic carbocycles. The number of nitrogens with zero attached hydrogens (tertiary/aromatic N) is 1. The maximum absolute atomic E-state index is 11.2. The van der Waals surface area contributed by atoms with Crippen LogP contribution in [0.1, 0.15) is 26.7 Å². The molecule has 1 heterocycles. The molecule has 2 unspecified atom stereocenters. The normalized spacial score (nSPS) is 37.5. The van der Waals surface area contributed by atoms with Gasteiger partial charge in [0, 0.05) is 13.1 Å². The zero-order valence-corrected chi connectivity index (χ0v) is 10.2. The highest BCUT2D eigenvalue weighted by Gasteiger charge is 2.44. The van der Waals surface area contributed by atoms with Crippen LogP contribution in [0.3, 0.4) is 0 Å². The van der Waals surface area contributed by atoms with Gasteiger partial charge in [0.15, 0.2) is 0 Å². The molecule has 2 N–H and O–H groups in total. The van der Waals surface area contributed by atoms with Crippen molar-refractivity contribution < 1.29 is 8.42 Å². The largest absolute Gasteiger partial charge is 0.276 e. The van der Waals surface area contributed by atoms with Crippen LogP contribution < -0.4 is 5.14 Å². The lowest BCUT2D eigenvalue weighted by Crippen LogP contribution is -2.35. The first-order chi connectivity index (χ1) is 6.88. The molecule has 1 saturated carbocycles. The van der Waals surface area contributed by atoms with Gasteiger partial charge in [-0.05, 0) is 36.5 Å². The van der Waals surface area contributed by atoms with Crippen molar-refractivity contribution in [1.82, 2.24) is 4.31 Å². The van der Waals surface area contributed by atoms with Gasteiger partial charge in [0.25, 0.3) is 10.2 Å². The molecule has 1 aliphatic heterocycles. The van der Waals surface area contributed by atoms with Gasteiger partial charge in [-0.3, -0.25) is 0 Å². The summed E-state index contributed by atoms with van der Waals surface area (Å²) in [6.45, 7) is 5.80. The van der Waals surface area contributed by atoms with Gasteiger partial charge in [-0.15, -0.1) is 0 Å². The number of rotatable bonds is 2. The molecule has 0 amide bonds. The van der Waals surface area contributed by atoms with Crippen molar-refractivity contribution in [2.75, 3.05) is 13.1 Å². The van der Waals surface area contributed by atoms with Gasteiger partial charge in [-0.25, -0.2) is 5.14 Å². The van der Waals surface area contributed by atoms with E-state index < -0.39 is 10.2 Å². The fourth-order valence-corrected chi connectivity index (χ4v) is 3.85. The summed E-state index contributed by atoms with van der Waals surface area (Å²) in [5, 5.41) is 5.14. The summed E-state index contributed by atoms with van der Waals surface area (Å²) in [5.74, 6) is 2.60. The second-order valence-corrected chi connectivity index (χ2v) is 6.90.